The molecule has 0 unspecified atom stereocenters. The summed E-state index contributed by atoms with van der Waals surface area (Å²) in [5.41, 5.74) is 2.48. The summed E-state index contributed by atoms with van der Waals surface area (Å²) in [6.45, 7) is 4.95. The fourth-order valence-corrected chi connectivity index (χ4v) is 3.03. The first kappa shape index (κ1) is 16.2. The Labute approximate surface area is 141 Å². The van der Waals surface area contributed by atoms with Crippen molar-refractivity contribution in [2.75, 3.05) is 13.2 Å². The third kappa shape index (κ3) is 3.18. The highest BCUT2D eigenvalue weighted by Gasteiger charge is 2.32. The molecule has 2 aromatic heterocycles. The number of unbranched alkanes of at least 4 members (excludes halogenated alkanes) is 1. The minimum absolute atomic E-state index is 0.271. The second-order valence-electron chi connectivity index (χ2n) is 5.90. The van der Waals surface area contributed by atoms with Crippen molar-refractivity contribution >= 4 is 23.1 Å². The molecule has 1 aliphatic rings. The highest BCUT2D eigenvalue weighted by atomic mass is 35.5. The van der Waals surface area contributed by atoms with Crippen LogP contribution < -0.4 is 4.74 Å². The molecule has 1 fully saturated rings. The predicted molar refractivity (Wildman–Crippen MR) is 90.7 cm³/mol. The van der Waals surface area contributed by atoms with Crippen molar-refractivity contribution in [3.8, 4) is 5.75 Å². The monoisotopic (exact) mass is 335 g/mol. The van der Waals surface area contributed by atoms with Crippen molar-refractivity contribution in [1.82, 2.24) is 4.40 Å². The van der Waals surface area contributed by atoms with E-state index in [0.29, 0.717) is 35.6 Å². The van der Waals surface area contributed by atoms with Gasteiger partial charge in [-0.25, -0.2) is 4.79 Å². The van der Waals surface area contributed by atoms with Crippen LogP contribution in [0.4, 0.5) is 0 Å². The number of rotatable bonds is 7. The summed E-state index contributed by atoms with van der Waals surface area (Å²) in [4.78, 5) is 12.4. The van der Waals surface area contributed by atoms with E-state index in [0.717, 1.165) is 36.8 Å². The van der Waals surface area contributed by atoms with E-state index in [1.807, 2.05) is 29.7 Å². The topological polar surface area (TPSA) is 39.9 Å². The number of carbonyl (C=O) groups excluding carboxylic acids is 1. The fourth-order valence-electron chi connectivity index (χ4n) is 2.77. The lowest BCUT2D eigenvalue weighted by molar-refractivity contribution is 0.0527. The van der Waals surface area contributed by atoms with Crippen LogP contribution in [0.15, 0.2) is 18.3 Å². The Hall–Kier alpha value is -1.68. The Bertz CT molecular complexity index is 719. The first-order chi connectivity index (χ1) is 11.2. The summed E-state index contributed by atoms with van der Waals surface area (Å²) >= 11 is 6.50. The lowest BCUT2D eigenvalue weighted by atomic mass is 10.1. The normalized spacial score (nSPS) is 14.2. The average Bonchev–Trinajstić information content (AvgIpc) is 3.30. The van der Waals surface area contributed by atoms with Crippen molar-refractivity contribution in [2.45, 2.75) is 45.4 Å². The quantitative estimate of drug-likeness (QED) is 0.413. The molecule has 0 aliphatic heterocycles. The number of nitrogens with zero attached hydrogens (tertiary/aromatic N) is 1. The zero-order valence-corrected chi connectivity index (χ0v) is 14.4. The number of esters is 1. The Morgan fingerprint density at radius 3 is 2.78 bits per heavy atom. The Kier molecular flexibility index (Phi) is 4.81. The largest absolute Gasteiger partial charge is 0.490 e. The van der Waals surface area contributed by atoms with Gasteiger partial charge < -0.3 is 13.9 Å². The van der Waals surface area contributed by atoms with Crippen LogP contribution in [0, 0.1) is 0 Å². The van der Waals surface area contributed by atoms with E-state index in [9.17, 15) is 4.79 Å². The van der Waals surface area contributed by atoms with E-state index in [4.69, 9.17) is 21.1 Å². The summed E-state index contributed by atoms with van der Waals surface area (Å²) in [6, 6.07) is 3.73. The lowest BCUT2D eigenvalue weighted by Gasteiger charge is -2.09. The number of carbonyl (C=O) groups is 1. The zero-order valence-electron chi connectivity index (χ0n) is 13.6. The van der Waals surface area contributed by atoms with Gasteiger partial charge in [0.05, 0.1) is 24.3 Å². The number of aromatic nitrogens is 1. The van der Waals surface area contributed by atoms with E-state index in [-0.39, 0.29) is 5.97 Å². The molecule has 5 heteroatoms. The molecule has 2 heterocycles. The molecule has 4 nitrogen and oxygen atoms in total. The maximum atomic E-state index is 12.4. The van der Waals surface area contributed by atoms with Crippen LogP contribution in [0.25, 0.3) is 5.52 Å². The van der Waals surface area contributed by atoms with Crippen molar-refractivity contribution < 1.29 is 14.3 Å². The minimum Gasteiger partial charge on any atom is -0.490 e. The SMILES string of the molecule is CCCCOc1ccc2c(C(=O)OCC)c(C3CC3)cn2c1Cl. The predicted octanol–water partition coefficient (Wildman–Crippen LogP) is 4.83. The molecule has 1 aliphatic carbocycles. The van der Waals surface area contributed by atoms with E-state index in [1.54, 1.807) is 0 Å². The Morgan fingerprint density at radius 1 is 1.35 bits per heavy atom. The average molecular weight is 336 g/mol. The molecular formula is C18H22ClNO3. The van der Waals surface area contributed by atoms with E-state index in [2.05, 4.69) is 6.92 Å². The second kappa shape index (κ2) is 6.83. The Morgan fingerprint density at radius 2 is 2.13 bits per heavy atom. The van der Waals surface area contributed by atoms with Crippen LogP contribution >= 0.6 is 11.6 Å². The van der Waals surface area contributed by atoms with Crippen LogP contribution in [-0.4, -0.2) is 23.6 Å². The third-order valence-corrected chi connectivity index (χ3v) is 4.50. The fraction of sp³-hybridized carbons (Fsp3) is 0.500. The highest BCUT2D eigenvalue weighted by Crippen LogP contribution is 2.44. The molecule has 0 radical (unpaired) electrons. The zero-order chi connectivity index (χ0) is 16.4. The molecule has 0 atom stereocenters. The molecule has 124 valence electrons. The van der Waals surface area contributed by atoms with E-state index < -0.39 is 0 Å². The summed E-state index contributed by atoms with van der Waals surface area (Å²) in [6.07, 6.45) is 6.25. The third-order valence-electron chi connectivity index (χ3n) is 4.13. The van der Waals surface area contributed by atoms with Crippen LogP contribution in [0.2, 0.25) is 5.15 Å². The summed E-state index contributed by atoms with van der Waals surface area (Å²) < 4.78 is 12.8. The molecule has 1 saturated carbocycles. The van der Waals surface area contributed by atoms with Crippen molar-refractivity contribution in [3.05, 3.63) is 34.6 Å². The Balaban J connectivity index is 2.03. The van der Waals surface area contributed by atoms with Gasteiger partial charge in [0.2, 0.25) is 0 Å². The number of hydrogen-bond donors (Lipinski definition) is 0. The minimum atomic E-state index is -0.271. The molecule has 0 spiro atoms. The van der Waals surface area contributed by atoms with Gasteiger partial charge in [0.15, 0.2) is 10.9 Å². The van der Waals surface area contributed by atoms with Crippen molar-refractivity contribution in [2.24, 2.45) is 0 Å². The number of fused-ring (bicyclic) bond motifs is 1. The van der Waals surface area contributed by atoms with Gasteiger partial charge in [-0.05, 0) is 49.8 Å². The van der Waals surface area contributed by atoms with Gasteiger partial charge in [-0.15, -0.1) is 0 Å². The summed E-state index contributed by atoms with van der Waals surface area (Å²) in [5.74, 6) is 0.822. The number of ether oxygens (including phenoxy) is 2. The van der Waals surface area contributed by atoms with Crippen molar-refractivity contribution in [1.29, 1.82) is 0 Å². The second-order valence-corrected chi connectivity index (χ2v) is 6.26. The van der Waals surface area contributed by atoms with Gasteiger partial charge >= 0.3 is 5.97 Å². The summed E-state index contributed by atoms with van der Waals surface area (Å²) in [5, 5.41) is 0.510. The van der Waals surface area contributed by atoms with Gasteiger partial charge in [-0.2, -0.15) is 0 Å². The molecule has 0 saturated heterocycles. The number of halogens is 1. The maximum absolute atomic E-state index is 12.4. The molecule has 3 rings (SSSR count). The van der Waals surface area contributed by atoms with Gasteiger partial charge in [0.1, 0.15) is 0 Å². The first-order valence-corrected chi connectivity index (χ1v) is 8.68. The van der Waals surface area contributed by atoms with E-state index >= 15 is 0 Å². The van der Waals surface area contributed by atoms with Crippen molar-refractivity contribution in [3.63, 3.8) is 0 Å². The molecule has 0 aromatic carbocycles. The molecule has 0 N–H and O–H groups in total. The number of hydrogen-bond acceptors (Lipinski definition) is 3. The lowest BCUT2D eigenvalue weighted by Crippen LogP contribution is -2.06. The van der Waals surface area contributed by atoms with Crippen LogP contribution in [0.3, 0.4) is 0 Å². The van der Waals surface area contributed by atoms with Crippen LogP contribution in [-0.2, 0) is 4.74 Å². The molecular weight excluding hydrogens is 314 g/mol. The standard InChI is InChI=1S/C18H22ClNO3/c1-3-5-10-23-15-9-8-14-16(18(21)22-4-2)13(12-6-7-12)11-20(14)17(15)19/h8-9,11-12H,3-7,10H2,1-2H3. The summed E-state index contributed by atoms with van der Waals surface area (Å²) in [7, 11) is 0. The van der Waals surface area contributed by atoms with Gasteiger partial charge in [-0.3, -0.25) is 0 Å². The van der Waals surface area contributed by atoms with Gasteiger partial charge in [-0.1, -0.05) is 24.9 Å². The maximum Gasteiger partial charge on any atom is 0.340 e. The smallest absolute Gasteiger partial charge is 0.340 e. The highest BCUT2D eigenvalue weighted by molar-refractivity contribution is 6.31. The van der Waals surface area contributed by atoms with Crippen LogP contribution in [0.1, 0.15) is 61.4 Å². The van der Waals surface area contributed by atoms with Crippen LogP contribution in [0.5, 0.6) is 5.75 Å². The molecule has 23 heavy (non-hydrogen) atoms. The molecule has 2 aromatic rings. The van der Waals surface area contributed by atoms with Gasteiger partial charge in [0, 0.05) is 6.20 Å². The van der Waals surface area contributed by atoms with E-state index in [1.165, 1.54) is 0 Å². The number of pyridine rings is 1. The first-order valence-electron chi connectivity index (χ1n) is 8.30. The van der Waals surface area contributed by atoms with Gasteiger partial charge in [0.25, 0.3) is 0 Å². The molecule has 0 amide bonds. The molecule has 0 bridgehead atoms.